The van der Waals surface area contributed by atoms with E-state index in [1.54, 1.807) is 19.2 Å². The summed E-state index contributed by atoms with van der Waals surface area (Å²) in [6.45, 7) is 2.75. The van der Waals surface area contributed by atoms with Crippen LogP contribution in [0, 0.1) is 6.92 Å². The maximum atomic E-state index is 14.4. The minimum Gasteiger partial charge on any atom is -0.480 e. The Hall–Kier alpha value is -3.58. The van der Waals surface area contributed by atoms with Crippen LogP contribution in [0.5, 0.6) is 5.88 Å². The quantitative estimate of drug-likeness (QED) is 0.405. The van der Waals surface area contributed by atoms with Gasteiger partial charge in [0.2, 0.25) is 17.9 Å². The minimum absolute atomic E-state index is 0.116. The number of benzene rings is 1. The summed E-state index contributed by atoms with van der Waals surface area (Å²) in [6.07, 6.45) is -3.06. The molecule has 14 heteroatoms. The number of rotatable bonds is 6. The summed E-state index contributed by atoms with van der Waals surface area (Å²) < 4.78 is 49.9. The summed E-state index contributed by atoms with van der Waals surface area (Å²) >= 11 is 6.11. The molecule has 2 aliphatic rings. The van der Waals surface area contributed by atoms with Crippen LogP contribution < -0.4 is 20.7 Å². The highest BCUT2D eigenvalue weighted by Gasteiger charge is 2.46. The van der Waals surface area contributed by atoms with Crippen LogP contribution in [0.15, 0.2) is 36.5 Å². The Balaban J connectivity index is 1.40. The van der Waals surface area contributed by atoms with E-state index >= 15 is 0 Å². The number of ether oxygens (including phenoxy) is 1. The van der Waals surface area contributed by atoms with E-state index in [2.05, 4.69) is 20.4 Å². The largest absolute Gasteiger partial charge is 0.480 e. The second-order valence-electron chi connectivity index (χ2n) is 9.91. The molecule has 1 unspecified atom stereocenters. The molecule has 0 bridgehead atoms. The number of aryl methyl sites for hydroxylation is 1. The van der Waals surface area contributed by atoms with Crippen molar-refractivity contribution in [2.75, 3.05) is 23.7 Å². The zero-order valence-corrected chi connectivity index (χ0v) is 21.7. The van der Waals surface area contributed by atoms with Crippen LogP contribution in [-0.2, 0) is 4.79 Å². The maximum Gasteiger partial charge on any atom is 0.429 e. The number of carboxylic acids is 1. The monoisotopic (exact) mass is 565 g/mol. The first-order valence-electron chi connectivity index (χ1n) is 12.4. The van der Waals surface area contributed by atoms with Gasteiger partial charge in [0, 0.05) is 41.5 Å². The first-order chi connectivity index (χ1) is 18.4. The Kier molecular flexibility index (Phi) is 7.06. The molecule has 1 spiro atoms. The van der Waals surface area contributed by atoms with Crippen molar-refractivity contribution in [2.45, 2.75) is 56.5 Å². The number of carbonyl (C=O) groups is 1. The number of aliphatic carboxylic acids is 1. The molecule has 2 aliphatic heterocycles. The number of aromatic nitrogens is 4. The second-order valence-corrected chi connectivity index (χ2v) is 10.3. The summed E-state index contributed by atoms with van der Waals surface area (Å²) in [5, 5.41) is 17.0. The molecular weight excluding hydrogens is 539 g/mol. The van der Waals surface area contributed by atoms with Gasteiger partial charge in [-0.1, -0.05) is 17.7 Å². The van der Waals surface area contributed by atoms with Gasteiger partial charge in [0.15, 0.2) is 0 Å². The predicted molar refractivity (Wildman–Crippen MR) is 137 cm³/mol. The summed E-state index contributed by atoms with van der Waals surface area (Å²) in [5.74, 6) is -1.10. The molecule has 10 nitrogen and oxygen atoms in total. The van der Waals surface area contributed by atoms with E-state index in [1.165, 1.54) is 28.9 Å². The predicted octanol–water partition coefficient (Wildman–Crippen LogP) is 4.06. The smallest absolute Gasteiger partial charge is 0.429 e. The third kappa shape index (κ3) is 5.74. The fraction of sp³-hybridized carbons (Fsp3) is 0.440. The fourth-order valence-electron chi connectivity index (χ4n) is 5.24. The lowest BCUT2D eigenvalue weighted by Crippen LogP contribution is -2.53. The minimum atomic E-state index is -4.81. The molecule has 208 valence electrons. The first-order valence-corrected chi connectivity index (χ1v) is 12.8. The van der Waals surface area contributed by atoms with Crippen molar-refractivity contribution in [2.24, 2.45) is 0 Å². The van der Waals surface area contributed by atoms with Gasteiger partial charge in [0.1, 0.15) is 11.9 Å². The van der Waals surface area contributed by atoms with Gasteiger partial charge < -0.3 is 20.5 Å². The molecule has 2 atom stereocenters. The summed E-state index contributed by atoms with van der Waals surface area (Å²) in [6, 6.07) is 6.42. The molecule has 0 radical (unpaired) electrons. The summed E-state index contributed by atoms with van der Waals surface area (Å²) in [4.78, 5) is 21.4. The fourth-order valence-corrected chi connectivity index (χ4v) is 5.41. The standard InChI is InChI=1S/C25H27ClF3N7O3/c1-14-5-9-36(34-14)18-12-15(26)2-3-16(18)21(25(27,28)29)39-20-13-19(31-23(30)32-20)35-10-7-24(8-11-35)6-4-17(33-24)22(37)38/h2-3,5,9,12-13,17,21,33H,4,6-8,10-11H2,1H3,(H,37,38)(H2,30,31,32)/t17?,21-/m1/s1. The highest BCUT2D eigenvalue weighted by Crippen LogP contribution is 2.41. The molecule has 2 fully saturated rings. The van der Waals surface area contributed by atoms with E-state index in [0.29, 0.717) is 43.9 Å². The maximum absolute atomic E-state index is 14.4. The van der Waals surface area contributed by atoms with Crippen molar-refractivity contribution < 1.29 is 27.8 Å². The first kappa shape index (κ1) is 27.0. The average molecular weight is 566 g/mol. The molecule has 0 aliphatic carbocycles. The van der Waals surface area contributed by atoms with Gasteiger partial charge in [-0.15, -0.1) is 0 Å². The zero-order chi connectivity index (χ0) is 27.9. The Morgan fingerprint density at radius 1 is 1.23 bits per heavy atom. The van der Waals surface area contributed by atoms with Crippen LogP contribution >= 0.6 is 11.6 Å². The lowest BCUT2D eigenvalue weighted by molar-refractivity contribution is -0.198. The molecular formula is C25H27ClF3N7O3. The van der Waals surface area contributed by atoms with Crippen molar-refractivity contribution in [3.8, 4) is 11.6 Å². The highest BCUT2D eigenvalue weighted by molar-refractivity contribution is 6.30. The number of hydrogen-bond donors (Lipinski definition) is 3. The number of alkyl halides is 3. The van der Waals surface area contributed by atoms with Crippen LogP contribution in [0.1, 0.15) is 43.0 Å². The molecule has 0 saturated carbocycles. The van der Waals surface area contributed by atoms with Crippen LogP contribution in [-0.4, -0.2) is 61.7 Å². The number of carboxylic acid groups (broad SMARTS) is 1. The lowest BCUT2D eigenvalue weighted by Gasteiger charge is -2.40. The number of piperidine rings is 1. The molecule has 1 aromatic carbocycles. The van der Waals surface area contributed by atoms with E-state index in [9.17, 15) is 23.1 Å². The van der Waals surface area contributed by atoms with E-state index in [-0.39, 0.29) is 33.6 Å². The Labute approximate surface area is 226 Å². The molecule has 39 heavy (non-hydrogen) atoms. The van der Waals surface area contributed by atoms with Gasteiger partial charge in [-0.3, -0.25) is 10.1 Å². The third-order valence-electron chi connectivity index (χ3n) is 7.22. The van der Waals surface area contributed by atoms with Crippen LogP contribution in [0.4, 0.5) is 24.9 Å². The van der Waals surface area contributed by atoms with E-state index < -0.39 is 24.3 Å². The van der Waals surface area contributed by atoms with Crippen LogP contribution in [0.25, 0.3) is 5.69 Å². The van der Waals surface area contributed by atoms with Gasteiger partial charge in [0.25, 0.3) is 0 Å². The third-order valence-corrected chi connectivity index (χ3v) is 7.46. The number of halogens is 4. The number of nitrogens with one attached hydrogen (secondary N) is 1. The lowest BCUT2D eigenvalue weighted by atomic mass is 9.86. The molecule has 3 aromatic rings. The molecule has 2 aromatic heterocycles. The van der Waals surface area contributed by atoms with Gasteiger partial charge in [-0.2, -0.15) is 28.2 Å². The number of hydrogen-bond acceptors (Lipinski definition) is 8. The normalized spacial score (nSPS) is 19.8. The van der Waals surface area contributed by atoms with Crippen molar-refractivity contribution >= 4 is 29.3 Å². The van der Waals surface area contributed by atoms with E-state index in [4.69, 9.17) is 22.1 Å². The van der Waals surface area contributed by atoms with Crippen molar-refractivity contribution in [3.63, 3.8) is 0 Å². The van der Waals surface area contributed by atoms with Crippen molar-refractivity contribution in [3.05, 3.63) is 52.8 Å². The van der Waals surface area contributed by atoms with Gasteiger partial charge in [-0.05, 0) is 50.8 Å². The van der Waals surface area contributed by atoms with Gasteiger partial charge in [-0.25, -0.2) is 4.68 Å². The van der Waals surface area contributed by atoms with Crippen molar-refractivity contribution in [1.29, 1.82) is 0 Å². The summed E-state index contributed by atoms with van der Waals surface area (Å²) in [7, 11) is 0. The van der Waals surface area contributed by atoms with Crippen LogP contribution in [0.2, 0.25) is 5.02 Å². The number of nitrogen functional groups attached to an aromatic ring is 1. The molecule has 4 heterocycles. The Bertz CT molecular complexity index is 1380. The van der Waals surface area contributed by atoms with E-state index in [1.807, 2.05) is 4.90 Å². The molecule has 5 rings (SSSR count). The average Bonchev–Trinajstić information content (AvgIpc) is 3.49. The molecule has 0 amide bonds. The zero-order valence-electron chi connectivity index (χ0n) is 21.0. The van der Waals surface area contributed by atoms with Gasteiger partial charge >= 0.3 is 12.1 Å². The molecule has 4 N–H and O–H groups in total. The Morgan fingerprint density at radius 2 is 1.97 bits per heavy atom. The SMILES string of the molecule is Cc1ccn(-c2cc(Cl)ccc2[C@@H](Oc2cc(N3CCC4(CCC(C(=O)O)N4)CC3)nc(N)n2)C(F)(F)F)n1. The number of nitrogens with two attached hydrogens (primary N) is 1. The Morgan fingerprint density at radius 3 is 2.59 bits per heavy atom. The number of anilines is 2. The van der Waals surface area contributed by atoms with E-state index in [0.717, 1.165) is 6.42 Å². The second kappa shape index (κ2) is 10.2. The topological polar surface area (TPSA) is 131 Å². The van der Waals surface area contributed by atoms with Gasteiger partial charge in [0.05, 0.1) is 11.4 Å². The van der Waals surface area contributed by atoms with Crippen LogP contribution in [0.3, 0.4) is 0 Å². The van der Waals surface area contributed by atoms with Crippen molar-refractivity contribution in [1.82, 2.24) is 25.1 Å². The molecule has 2 saturated heterocycles. The number of nitrogens with zero attached hydrogens (tertiary/aromatic N) is 5. The summed E-state index contributed by atoms with van der Waals surface area (Å²) in [5.41, 5.74) is 6.13. The highest BCUT2D eigenvalue weighted by atomic mass is 35.5.